The summed E-state index contributed by atoms with van der Waals surface area (Å²) in [6, 6.07) is 0. The lowest BCUT2D eigenvalue weighted by Gasteiger charge is -2.18. The van der Waals surface area contributed by atoms with Crippen LogP contribution >= 0.6 is 15.9 Å². The molecule has 206 valence electrons. The summed E-state index contributed by atoms with van der Waals surface area (Å²) in [6.07, 6.45) is 28.1. The third-order valence-electron chi connectivity index (χ3n) is 5.82. The lowest BCUT2D eigenvalue weighted by molar-refractivity contribution is -0.147. The summed E-state index contributed by atoms with van der Waals surface area (Å²) in [5.41, 5.74) is 0. The quantitative estimate of drug-likeness (QED) is 0.0331. The van der Waals surface area contributed by atoms with Gasteiger partial charge in [-0.05, 0) is 70.6 Å². The topological polar surface area (TPSA) is 44.8 Å². The number of alkyl halides is 1. The Morgan fingerprint density at radius 3 is 1.80 bits per heavy atom. The van der Waals surface area contributed by atoms with Crippen LogP contribution in [0.3, 0.4) is 0 Å². The van der Waals surface area contributed by atoms with Gasteiger partial charge in [0.05, 0.1) is 19.8 Å². The summed E-state index contributed by atoms with van der Waals surface area (Å²) in [5, 5.41) is 1.05. The first kappa shape index (κ1) is 34.4. The van der Waals surface area contributed by atoms with Crippen molar-refractivity contribution in [1.29, 1.82) is 0 Å². The third kappa shape index (κ3) is 27.8. The maximum Gasteiger partial charge on any atom is 0.305 e. The van der Waals surface area contributed by atoms with E-state index in [4.69, 9.17) is 14.2 Å². The zero-order valence-electron chi connectivity index (χ0n) is 23.0. The minimum atomic E-state index is -0.192. The Balaban J connectivity index is 4.09. The molecule has 0 radical (unpaired) electrons. The highest BCUT2D eigenvalue weighted by molar-refractivity contribution is 9.09. The van der Waals surface area contributed by atoms with Gasteiger partial charge in [0.25, 0.3) is 0 Å². The summed E-state index contributed by atoms with van der Waals surface area (Å²) in [5.74, 6) is -0.0784. The molecule has 5 heteroatoms. The molecule has 0 N–H and O–H groups in total. The first-order valence-electron chi connectivity index (χ1n) is 14.5. The number of hydrogen-bond donors (Lipinski definition) is 0. The van der Waals surface area contributed by atoms with Gasteiger partial charge in [0, 0.05) is 11.8 Å². The molecule has 0 atom stereocenters. The van der Waals surface area contributed by atoms with Crippen LogP contribution in [-0.2, 0) is 19.0 Å². The number of carbonyl (C=O) groups excluding carboxylic acids is 1. The molecule has 0 saturated carbocycles. The summed E-state index contributed by atoms with van der Waals surface area (Å²) >= 11 is 3.44. The molecule has 0 aromatic heterocycles. The molecule has 0 saturated heterocycles. The Morgan fingerprint density at radius 2 is 1.23 bits per heavy atom. The number of hydrogen-bond acceptors (Lipinski definition) is 4. The number of allylic oxidation sites excluding steroid dienone is 2. The first-order chi connectivity index (χ1) is 17.2. The summed E-state index contributed by atoms with van der Waals surface area (Å²) in [6.45, 7) is 6.38. The predicted molar refractivity (Wildman–Crippen MR) is 153 cm³/mol. The number of esters is 1. The van der Waals surface area contributed by atoms with Crippen molar-refractivity contribution in [2.24, 2.45) is 0 Å². The molecule has 0 unspecified atom stereocenters. The van der Waals surface area contributed by atoms with Crippen molar-refractivity contribution in [3.63, 3.8) is 0 Å². The van der Waals surface area contributed by atoms with E-state index in [1.165, 1.54) is 51.4 Å². The van der Waals surface area contributed by atoms with E-state index < -0.39 is 0 Å². The fourth-order valence-electron chi connectivity index (χ4n) is 3.63. The van der Waals surface area contributed by atoms with Gasteiger partial charge in [-0.15, -0.1) is 0 Å². The van der Waals surface area contributed by atoms with E-state index in [1.54, 1.807) is 0 Å². The molecule has 0 heterocycles. The molecule has 35 heavy (non-hydrogen) atoms. The maximum atomic E-state index is 11.9. The molecule has 0 aromatic carbocycles. The number of ether oxygens (including phenoxy) is 3. The fraction of sp³-hybridized carbons (Fsp3) is 0.833. The van der Waals surface area contributed by atoms with E-state index >= 15 is 0 Å². The van der Waals surface area contributed by atoms with E-state index in [1.807, 2.05) is 0 Å². The van der Waals surface area contributed by atoms with Gasteiger partial charge in [-0.25, -0.2) is 0 Å². The molecule has 0 spiro atoms. The molecule has 0 amide bonds. The Morgan fingerprint density at radius 1 is 0.657 bits per heavy atom. The van der Waals surface area contributed by atoms with Crippen LogP contribution in [0.2, 0.25) is 0 Å². The molecular formula is C30H55BrO4. The highest BCUT2D eigenvalue weighted by Gasteiger charge is 2.10. The SMILES string of the molecule is CCCCC/C=C\CCOC(CCCCC(=O)OCCCCCCBr)OCC/C=C\CCCCC. The lowest BCUT2D eigenvalue weighted by atomic mass is 10.2. The molecule has 0 aromatic rings. The molecule has 0 aliphatic rings. The van der Waals surface area contributed by atoms with E-state index in [0.717, 1.165) is 63.1 Å². The van der Waals surface area contributed by atoms with Gasteiger partial charge in [0.1, 0.15) is 0 Å². The zero-order chi connectivity index (χ0) is 25.7. The third-order valence-corrected chi connectivity index (χ3v) is 6.38. The minimum absolute atomic E-state index is 0.0784. The van der Waals surface area contributed by atoms with Crippen LogP contribution in [0.15, 0.2) is 24.3 Å². The van der Waals surface area contributed by atoms with Crippen molar-refractivity contribution in [3.05, 3.63) is 24.3 Å². The van der Waals surface area contributed by atoms with Gasteiger partial charge in [-0.2, -0.15) is 0 Å². The van der Waals surface area contributed by atoms with Crippen LogP contribution in [0.5, 0.6) is 0 Å². The summed E-state index contributed by atoms with van der Waals surface area (Å²) in [4.78, 5) is 11.9. The van der Waals surface area contributed by atoms with Crippen molar-refractivity contribution < 1.29 is 19.0 Å². The van der Waals surface area contributed by atoms with Gasteiger partial charge >= 0.3 is 5.97 Å². The highest BCUT2D eigenvalue weighted by atomic mass is 79.9. The second kappa shape index (κ2) is 29.6. The molecule has 0 rings (SSSR count). The van der Waals surface area contributed by atoms with Gasteiger partial charge in [-0.1, -0.05) is 92.6 Å². The fourth-order valence-corrected chi connectivity index (χ4v) is 4.03. The molecular weight excluding hydrogens is 504 g/mol. The average Bonchev–Trinajstić information content (AvgIpc) is 2.86. The van der Waals surface area contributed by atoms with Crippen LogP contribution in [-0.4, -0.2) is 37.4 Å². The van der Waals surface area contributed by atoms with Crippen molar-refractivity contribution in [2.45, 2.75) is 136 Å². The summed E-state index contributed by atoms with van der Waals surface area (Å²) < 4.78 is 17.4. The Kier molecular flexibility index (Phi) is 29.0. The van der Waals surface area contributed by atoms with E-state index in [-0.39, 0.29) is 12.3 Å². The van der Waals surface area contributed by atoms with Crippen molar-refractivity contribution in [1.82, 2.24) is 0 Å². The van der Waals surface area contributed by atoms with Gasteiger partial charge in [-0.3, -0.25) is 4.79 Å². The average molecular weight is 560 g/mol. The number of rotatable bonds is 27. The van der Waals surface area contributed by atoms with E-state index in [9.17, 15) is 4.79 Å². The Bertz CT molecular complexity index is 467. The molecule has 0 bridgehead atoms. The largest absolute Gasteiger partial charge is 0.466 e. The zero-order valence-corrected chi connectivity index (χ0v) is 24.5. The first-order valence-corrected chi connectivity index (χ1v) is 15.6. The molecule has 0 aliphatic heterocycles. The van der Waals surface area contributed by atoms with Crippen LogP contribution in [0.1, 0.15) is 129 Å². The highest BCUT2D eigenvalue weighted by Crippen LogP contribution is 2.11. The Hall–Kier alpha value is -0.650. The van der Waals surface area contributed by atoms with E-state index in [0.29, 0.717) is 26.2 Å². The van der Waals surface area contributed by atoms with Crippen molar-refractivity contribution in [2.75, 3.05) is 25.2 Å². The Labute approximate surface area is 225 Å². The number of halogens is 1. The molecule has 4 nitrogen and oxygen atoms in total. The van der Waals surface area contributed by atoms with Gasteiger partial charge in [0.2, 0.25) is 0 Å². The smallest absolute Gasteiger partial charge is 0.305 e. The normalized spacial score (nSPS) is 11.9. The standard InChI is InChI=1S/C30H55BrO4/c1-3-5-7-9-11-14-21-27-34-30(35-28-22-15-12-10-8-6-4-2)24-18-17-23-29(32)33-26-20-16-13-19-25-31/h11-12,14-15,30H,3-10,13,16-28H2,1-2H3/b14-11-,15-12-. The second-order valence-electron chi connectivity index (χ2n) is 9.25. The minimum Gasteiger partial charge on any atom is -0.466 e. The number of unbranched alkanes of at least 4 members (excludes halogenated alkanes) is 10. The van der Waals surface area contributed by atoms with Gasteiger partial charge in [0.15, 0.2) is 6.29 Å². The van der Waals surface area contributed by atoms with E-state index in [2.05, 4.69) is 54.1 Å². The number of carbonyl (C=O) groups is 1. The van der Waals surface area contributed by atoms with Crippen molar-refractivity contribution in [3.8, 4) is 0 Å². The van der Waals surface area contributed by atoms with Crippen LogP contribution < -0.4 is 0 Å². The van der Waals surface area contributed by atoms with Crippen molar-refractivity contribution >= 4 is 21.9 Å². The molecule has 0 fully saturated rings. The lowest BCUT2D eigenvalue weighted by Crippen LogP contribution is -2.18. The van der Waals surface area contributed by atoms with Crippen LogP contribution in [0, 0.1) is 0 Å². The second-order valence-corrected chi connectivity index (χ2v) is 10.0. The van der Waals surface area contributed by atoms with Crippen LogP contribution in [0.4, 0.5) is 0 Å². The monoisotopic (exact) mass is 558 g/mol. The molecule has 0 aliphatic carbocycles. The maximum absolute atomic E-state index is 11.9. The summed E-state index contributed by atoms with van der Waals surface area (Å²) in [7, 11) is 0. The van der Waals surface area contributed by atoms with Gasteiger partial charge < -0.3 is 14.2 Å². The van der Waals surface area contributed by atoms with Crippen LogP contribution in [0.25, 0.3) is 0 Å². The predicted octanol–water partition coefficient (Wildman–Crippen LogP) is 9.46.